The fraction of sp³-hybridized carbons (Fsp3) is 0.0455. The molecule has 0 saturated carbocycles. The lowest BCUT2D eigenvalue weighted by atomic mass is 9.77. The lowest BCUT2D eigenvalue weighted by Crippen LogP contribution is -2.32. The molecule has 31 heavy (non-hydrogen) atoms. The van der Waals surface area contributed by atoms with Crippen LogP contribution in [0.1, 0.15) is 27.0 Å². The summed E-state index contributed by atoms with van der Waals surface area (Å²) >= 11 is 7.62. The molecule has 0 aromatic heterocycles. The zero-order chi connectivity index (χ0) is 22.6. The summed E-state index contributed by atoms with van der Waals surface area (Å²) in [5.74, 6) is 0.408. The summed E-state index contributed by atoms with van der Waals surface area (Å²) in [6.07, 6.45) is 0. The van der Waals surface area contributed by atoms with E-state index in [0.717, 1.165) is 0 Å². The van der Waals surface area contributed by atoms with Crippen LogP contribution in [0.25, 0.3) is 0 Å². The number of carbonyl (C=O) groups excluding carboxylic acids is 1. The van der Waals surface area contributed by atoms with Crippen LogP contribution in [0.4, 0.5) is 0 Å². The van der Waals surface area contributed by atoms with Crippen molar-refractivity contribution >= 4 is 40.7 Å². The monoisotopic (exact) mass is 450 g/mol. The lowest BCUT2D eigenvalue weighted by molar-refractivity contribution is 0.0224. The van der Waals surface area contributed by atoms with Gasteiger partial charge in [0.2, 0.25) is 0 Å². The van der Waals surface area contributed by atoms with E-state index in [-0.39, 0.29) is 11.5 Å². The van der Waals surface area contributed by atoms with Crippen LogP contribution in [-0.4, -0.2) is 26.5 Å². The zero-order valence-corrected chi connectivity index (χ0v) is 17.3. The molecular formula is C22H14N2O5S2. The summed E-state index contributed by atoms with van der Waals surface area (Å²) in [7, 11) is 0. The number of hydrogen-bond acceptors (Lipinski definition) is 9. The molecule has 2 aliphatic rings. The zero-order valence-electron chi connectivity index (χ0n) is 15.7. The fourth-order valence-electron chi connectivity index (χ4n) is 3.65. The van der Waals surface area contributed by atoms with Crippen LogP contribution < -0.4 is 4.74 Å². The van der Waals surface area contributed by atoms with Gasteiger partial charge in [-0.3, -0.25) is 0 Å². The Balaban J connectivity index is 0.000000411. The average molecular weight is 450 g/mol. The van der Waals surface area contributed by atoms with E-state index in [1.807, 2.05) is 12.1 Å². The number of hydrogen-bond donors (Lipinski definition) is 4. The maximum Gasteiger partial charge on any atom is 0.340 e. The molecule has 1 spiro atoms. The van der Waals surface area contributed by atoms with Crippen molar-refractivity contribution in [2.24, 2.45) is 0 Å². The standard InChI is InChI=1S/C20H12O5.2CHNS/c21-11-5-7-15-17(9-11)24-18-10-12(22)6-8-16(18)20(15)14-4-2-1-3-13(14)19(23)25-20;2*2-1-3/h1-10,21-22H;2*2H. The van der Waals surface area contributed by atoms with Crippen LogP contribution in [0, 0.1) is 10.8 Å². The fourth-order valence-corrected chi connectivity index (χ4v) is 3.65. The topological polar surface area (TPSA) is 124 Å². The highest BCUT2D eigenvalue weighted by molar-refractivity contribution is 7.78. The first-order chi connectivity index (χ1) is 14.9. The minimum atomic E-state index is -1.17. The molecule has 2 heterocycles. The molecule has 0 fully saturated rings. The van der Waals surface area contributed by atoms with Crippen LogP contribution in [-0.2, 0) is 10.3 Å². The number of rotatable bonds is 0. The van der Waals surface area contributed by atoms with Gasteiger partial charge < -0.3 is 19.7 Å². The summed E-state index contributed by atoms with van der Waals surface area (Å²) in [4.78, 5) is 12.5. The van der Waals surface area contributed by atoms with E-state index in [9.17, 15) is 15.0 Å². The van der Waals surface area contributed by atoms with Crippen molar-refractivity contribution in [1.29, 1.82) is 10.8 Å². The Hall–Kier alpha value is -3.87. The lowest BCUT2D eigenvalue weighted by Gasteiger charge is -2.36. The minimum Gasteiger partial charge on any atom is -0.508 e. The van der Waals surface area contributed by atoms with Crippen LogP contribution in [0.15, 0.2) is 60.7 Å². The largest absolute Gasteiger partial charge is 0.508 e. The third-order valence-corrected chi connectivity index (χ3v) is 4.68. The highest BCUT2D eigenvalue weighted by atomic mass is 32.1. The number of ether oxygens (including phenoxy) is 2. The SMILES string of the molecule is N=C=S.N=C=S.O=C1OC2(c3ccc(O)cc3Oc3cc(O)ccc32)c2ccccc21. The van der Waals surface area contributed by atoms with E-state index in [2.05, 4.69) is 24.4 Å². The maximum absolute atomic E-state index is 12.5. The Morgan fingerprint density at radius 3 is 1.81 bits per heavy atom. The first-order valence-electron chi connectivity index (χ1n) is 8.68. The van der Waals surface area contributed by atoms with Crippen molar-refractivity contribution in [3.8, 4) is 23.0 Å². The highest BCUT2D eigenvalue weighted by Gasteiger charge is 2.53. The van der Waals surface area contributed by atoms with E-state index in [0.29, 0.717) is 33.8 Å². The number of phenols is 2. The highest BCUT2D eigenvalue weighted by Crippen LogP contribution is 2.56. The molecule has 0 amide bonds. The number of phenolic OH excluding ortho intramolecular Hbond substituents is 2. The van der Waals surface area contributed by atoms with Crippen molar-refractivity contribution in [2.75, 3.05) is 0 Å². The van der Waals surface area contributed by atoms with Gasteiger partial charge in [-0.15, -0.1) is 0 Å². The first kappa shape index (κ1) is 21.8. The smallest absolute Gasteiger partial charge is 0.340 e. The van der Waals surface area contributed by atoms with Gasteiger partial charge in [0.05, 0.1) is 15.9 Å². The second-order valence-corrected chi connectivity index (χ2v) is 6.69. The van der Waals surface area contributed by atoms with E-state index < -0.39 is 11.6 Å². The first-order valence-corrected chi connectivity index (χ1v) is 9.50. The van der Waals surface area contributed by atoms with Crippen molar-refractivity contribution in [3.05, 3.63) is 82.9 Å². The third-order valence-electron chi connectivity index (χ3n) is 4.68. The van der Waals surface area contributed by atoms with Crippen LogP contribution in [0.3, 0.4) is 0 Å². The Kier molecular flexibility index (Phi) is 6.25. The van der Waals surface area contributed by atoms with Gasteiger partial charge in [-0.25, -0.2) is 15.6 Å². The number of isothiocyanates is 2. The number of esters is 1. The number of fused-ring (bicyclic) bond motifs is 6. The van der Waals surface area contributed by atoms with Crippen LogP contribution >= 0.6 is 24.4 Å². The second kappa shape index (κ2) is 8.87. The van der Waals surface area contributed by atoms with Gasteiger partial charge in [-0.05, 0) is 54.8 Å². The quantitative estimate of drug-likeness (QED) is 0.216. The van der Waals surface area contributed by atoms with Crippen molar-refractivity contribution < 1.29 is 24.5 Å². The molecule has 9 heteroatoms. The second-order valence-electron chi connectivity index (χ2n) is 6.28. The predicted molar refractivity (Wildman–Crippen MR) is 119 cm³/mol. The number of thiocarbonyl (C=S) groups is 2. The van der Waals surface area contributed by atoms with Crippen LogP contribution in [0.5, 0.6) is 23.0 Å². The maximum atomic E-state index is 12.5. The van der Waals surface area contributed by atoms with Gasteiger partial charge in [0.15, 0.2) is 5.60 Å². The molecule has 4 N–H and O–H groups in total. The summed E-state index contributed by atoms with van der Waals surface area (Å²) in [6.45, 7) is 0. The summed E-state index contributed by atoms with van der Waals surface area (Å²) in [6, 6.07) is 16.6. The van der Waals surface area contributed by atoms with Gasteiger partial charge >= 0.3 is 5.97 Å². The van der Waals surface area contributed by atoms with Crippen molar-refractivity contribution in [1.82, 2.24) is 0 Å². The molecule has 3 aromatic carbocycles. The predicted octanol–water partition coefficient (Wildman–Crippen LogP) is 5.00. The summed E-state index contributed by atoms with van der Waals surface area (Å²) in [5, 5.41) is 34.4. The Labute approximate surface area is 187 Å². The molecule has 154 valence electrons. The summed E-state index contributed by atoms with van der Waals surface area (Å²) < 4.78 is 11.8. The molecule has 0 saturated heterocycles. The molecule has 0 unspecified atom stereocenters. The molecule has 2 aliphatic heterocycles. The van der Waals surface area contributed by atoms with E-state index >= 15 is 0 Å². The van der Waals surface area contributed by atoms with Gasteiger partial charge in [0, 0.05) is 28.8 Å². The normalized spacial score (nSPS) is 13.2. The molecular weight excluding hydrogens is 436 g/mol. The van der Waals surface area contributed by atoms with E-state index in [1.54, 1.807) is 34.6 Å². The summed E-state index contributed by atoms with van der Waals surface area (Å²) in [5.41, 5.74) is 1.28. The third kappa shape index (κ3) is 3.70. The Morgan fingerprint density at radius 2 is 1.29 bits per heavy atom. The van der Waals surface area contributed by atoms with E-state index in [4.69, 9.17) is 20.3 Å². The number of aromatic hydroxyl groups is 2. The molecule has 3 aromatic rings. The Bertz CT molecular complexity index is 1180. The van der Waals surface area contributed by atoms with Crippen molar-refractivity contribution in [2.45, 2.75) is 5.60 Å². The molecule has 0 bridgehead atoms. The molecule has 0 radical (unpaired) electrons. The Morgan fingerprint density at radius 1 is 0.806 bits per heavy atom. The van der Waals surface area contributed by atoms with Crippen LogP contribution in [0.2, 0.25) is 0 Å². The van der Waals surface area contributed by atoms with Gasteiger partial charge in [-0.1, -0.05) is 18.2 Å². The number of benzene rings is 3. The van der Waals surface area contributed by atoms with Crippen molar-refractivity contribution in [3.63, 3.8) is 0 Å². The van der Waals surface area contributed by atoms with E-state index in [1.165, 1.54) is 24.3 Å². The van der Waals surface area contributed by atoms with Gasteiger partial charge in [-0.2, -0.15) is 0 Å². The molecule has 0 aliphatic carbocycles. The average Bonchev–Trinajstić information content (AvgIpc) is 3.02. The minimum absolute atomic E-state index is 0.0371. The molecule has 0 atom stereocenters. The number of carbonyl (C=O) groups is 1. The van der Waals surface area contributed by atoms with Gasteiger partial charge in [0.25, 0.3) is 0 Å². The molecule has 7 nitrogen and oxygen atoms in total. The number of nitrogens with one attached hydrogen (secondary N) is 2. The molecule has 5 rings (SSSR count). The van der Waals surface area contributed by atoms with Gasteiger partial charge in [0.1, 0.15) is 23.0 Å².